The fourth-order valence-corrected chi connectivity index (χ4v) is 2.92. The highest BCUT2D eigenvalue weighted by Gasteiger charge is 2.14. The van der Waals surface area contributed by atoms with E-state index >= 15 is 0 Å². The highest BCUT2D eigenvalue weighted by atomic mass is 19.1. The van der Waals surface area contributed by atoms with Gasteiger partial charge < -0.3 is 4.90 Å². The summed E-state index contributed by atoms with van der Waals surface area (Å²) in [5.41, 5.74) is 8.50. The van der Waals surface area contributed by atoms with Gasteiger partial charge in [0.2, 0.25) is 0 Å². The molecule has 0 amide bonds. The molecule has 0 radical (unpaired) electrons. The van der Waals surface area contributed by atoms with Crippen LogP contribution in [0.5, 0.6) is 0 Å². The summed E-state index contributed by atoms with van der Waals surface area (Å²) in [5.74, 6) is -0.176. The van der Waals surface area contributed by atoms with Crippen LogP contribution < -0.4 is 5.43 Å². The maximum Gasteiger partial charge on any atom is 0.126 e. The zero-order valence-electron chi connectivity index (χ0n) is 15.0. The van der Waals surface area contributed by atoms with Gasteiger partial charge in [0.05, 0.1) is 12.2 Å². The molecule has 3 rings (SSSR count). The molecule has 4 heteroatoms. The number of rotatable bonds is 5. The van der Waals surface area contributed by atoms with Gasteiger partial charge in [-0.2, -0.15) is 0 Å². The summed E-state index contributed by atoms with van der Waals surface area (Å²) in [7, 11) is 4.11. The number of nitrogens with one attached hydrogen (secondary N) is 1. The van der Waals surface area contributed by atoms with Crippen molar-refractivity contribution in [1.29, 1.82) is 0 Å². The number of nitrogens with zero attached hydrogens (tertiary/aromatic N) is 2. The zero-order valence-corrected chi connectivity index (χ0v) is 15.0. The second-order valence-corrected chi connectivity index (χ2v) is 6.69. The van der Waals surface area contributed by atoms with Crippen LogP contribution in [0, 0.1) is 12.7 Å². The Bertz CT molecular complexity index is 794. The minimum Gasteiger partial charge on any atom is -0.305 e. The molecule has 0 spiro atoms. The number of hydrazine groups is 1. The van der Waals surface area contributed by atoms with E-state index in [0.29, 0.717) is 5.56 Å². The fourth-order valence-electron chi connectivity index (χ4n) is 2.92. The minimum atomic E-state index is -0.176. The van der Waals surface area contributed by atoms with Gasteiger partial charge >= 0.3 is 0 Å². The first kappa shape index (κ1) is 17.2. The van der Waals surface area contributed by atoms with Gasteiger partial charge in [-0.1, -0.05) is 30.3 Å². The van der Waals surface area contributed by atoms with Gasteiger partial charge in [0.15, 0.2) is 0 Å². The number of likely N-dealkylation sites (N-methyl/N-ethyl adjacent to an activating group) is 1. The summed E-state index contributed by atoms with van der Waals surface area (Å²) < 4.78 is 13.6. The summed E-state index contributed by atoms with van der Waals surface area (Å²) in [6.45, 7) is 3.40. The first-order valence-corrected chi connectivity index (χ1v) is 8.42. The molecule has 2 aromatic carbocycles. The van der Waals surface area contributed by atoms with E-state index in [9.17, 15) is 4.39 Å². The van der Waals surface area contributed by atoms with Crippen LogP contribution in [0.25, 0.3) is 5.70 Å². The van der Waals surface area contributed by atoms with Gasteiger partial charge in [-0.3, -0.25) is 10.4 Å². The average molecular weight is 337 g/mol. The van der Waals surface area contributed by atoms with Crippen LogP contribution in [0.3, 0.4) is 0 Å². The summed E-state index contributed by atoms with van der Waals surface area (Å²) >= 11 is 0. The van der Waals surface area contributed by atoms with Crippen molar-refractivity contribution in [1.82, 2.24) is 15.3 Å². The Balaban J connectivity index is 1.88. The molecule has 3 nitrogen and oxygen atoms in total. The predicted octanol–water partition coefficient (Wildman–Crippen LogP) is 3.94. The van der Waals surface area contributed by atoms with E-state index in [4.69, 9.17) is 0 Å². The highest BCUT2D eigenvalue weighted by molar-refractivity contribution is 5.68. The van der Waals surface area contributed by atoms with Gasteiger partial charge in [-0.25, -0.2) is 4.39 Å². The van der Waals surface area contributed by atoms with Gasteiger partial charge in [0, 0.05) is 12.7 Å². The molecule has 0 fully saturated rings. The van der Waals surface area contributed by atoms with Crippen LogP contribution in [0.15, 0.2) is 66.4 Å². The van der Waals surface area contributed by atoms with Crippen molar-refractivity contribution in [2.75, 3.05) is 20.6 Å². The van der Waals surface area contributed by atoms with Crippen LogP contribution in [-0.4, -0.2) is 30.5 Å². The highest BCUT2D eigenvalue weighted by Crippen LogP contribution is 2.22. The molecule has 0 saturated heterocycles. The van der Waals surface area contributed by atoms with Crippen molar-refractivity contribution >= 4 is 5.70 Å². The molecule has 0 saturated carbocycles. The van der Waals surface area contributed by atoms with Crippen LogP contribution in [-0.2, 0) is 6.54 Å². The lowest BCUT2D eigenvalue weighted by Crippen LogP contribution is -2.35. The van der Waals surface area contributed by atoms with Crippen molar-refractivity contribution in [2.24, 2.45) is 0 Å². The Kier molecular flexibility index (Phi) is 5.19. The fraction of sp³-hybridized carbons (Fsp3) is 0.238. The van der Waals surface area contributed by atoms with Crippen molar-refractivity contribution < 1.29 is 4.39 Å². The summed E-state index contributed by atoms with van der Waals surface area (Å²) in [6, 6.07) is 15.6. The number of hydrogen-bond acceptors (Lipinski definition) is 3. The van der Waals surface area contributed by atoms with Gasteiger partial charge in [-0.15, -0.1) is 0 Å². The monoisotopic (exact) mass is 337 g/mol. The molecule has 0 unspecified atom stereocenters. The van der Waals surface area contributed by atoms with Crippen molar-refractivity contribution in [3.63, 3.8) is 0 Å². The van der Waals surface area contributed by atoms with E-state index in [1.807, 2.05) is 30.3 Å². The maximum absolute atomic E-state index is 13.6. The number of hydrogen-bond donors (Lipinski definition) is 1. The van der Waals surface area contributed by atoms with E-state index in [0.717, 1.165) is 24.4 Å². The predicted molar refractivity (Wildman–Crippen MR) is 101 cm³/mol. The zero-order chi connectivity index (χ0) is 17.8. The second-order valence-electron chi connectivity index (χ2n) is 6.69. The lowest BCUT2D eigenvalue weighted by molar-refractivity contribution is 0.306. The quantitative estimate of drug-likeness (QED) is 0.891. The van der Waals surface area contributed by atoms with Crippen molar-refractivity contribution in [2.45, 2.75) is 13.5 Å². The molecule has 0 bridgehead atoms. The van der Waals surface area contributed by atoms with Gasteiger partial charge in [0.1, 0.15) is 5.82 Å². The Hall–Kier alpha value is -2.59. The minimum absolute atomic E-state index is 0.176. The number of benzene rings is 2. The van der Waals surface area contributed by atoms with Crippen LogP contribution >= 0.6 is 0 Å². The molecule has 130 valence electrons. The molecule has 2 aromatic rings. The van der Waals surface area contributed by atoms with E-state index in [-0.39, 0.29) is 5.82 Å². The molecular weight excluding hydrogens is 313 g/mol. The van der Waals surface area contributed by atoms with Crippen molar-refractivity contribution in [3.8, 4) is 0 Å². The largest absolute Gasteiger partial charge is 0.305 e. The molecule has 0 aliphatic carbocycles. The lowest BCUT2D eigenvalue weighted by atomic mass is 10.1. The SMILES string of the molecule is Cc1cc(C2=CC(CN(C)C)=CN(Cc3ccccc3)N2)ccc1F. The maximum atomic E-state index is 13.6. The molecule has 25 heavy (non-hydrogen) atoms. The third-order valence-corrected chi connectivity index (χ3v) is 4.08. The normalized spacial score (nSPS) is 14.2. The van der Waals surface area contributed by atoms with Crippen LogP contribution in [0.4, 0.5) is 4.39 Å². The third kappa shape index (κ3) is 4.48. The van der Waals surface area contributed by atoms with Gasteiger partial charge in [0.25, 0.3) is 0 Å². The molecule has 1 N–H and O–H groups in total. The van der Waals surface area contributed by atoms with E-state index < -0.39 is 0 Å². The molecular formula is C21H24FN3. The average Bonchev–Trinajstić information content (AvgIpc) is 2.57. The lowest BCUT2D eigenvalue weighted by Gasteiger charge is -2.30. The number of halogens is 1. The first-order valence-electron chi connectivity index (χ1n) is 8.42. The standard InChI is InChI=1S/C21H24FN3/c1-16-11-19(9-10-20(16)22)21-12-18(13-24(2)3)15-25(23-21)14-17-7-5-4-6-8-17/h4-12,15,23H,13-14H2,1-3H3. The van der Waals surface area contributed by atoms with Crippen molar-refractivity contribution in [3.05, 3.63) is 88.9 Å². The molecule has 1 heterocycles. The smallest absolute Gasteiger partial charge is 0.126 e. The Morgan fingerprint density at radius 1 is 1.08 bits per heavy atom. The third-order valence-electron chi connectivity index (χ3n) is 4.08. The Labute approximate surface area is 149 Å². The number of aryl methyl sites for hydroxylation is 1. The molecule has 0 aromatic heterocycles. The summed E-state index contributed by atoms with van der Waals surface area (Å²) in [5, 5.41) is 2.09. The molecule has 1 aliphatic heterocycles. The second kappa shape index (κ2) is 7.53. The van der Waals surface area contributed by atoms with E-state index in [2.05, 4.69) is 53.8 Å². The molecule has 1 aliphatic rings. The Morgan fingerprint density at radius 3 is 2.52 bits per heavy atom. The summed E-state index contributed by atoms with van der Waals surface area (Å²) in [4.78, 5) is 2.14. The molecule has 0 atom stereocenters. The Morgan fingerprint density at radius 2 is 1.84 bits per heavy atom. The van der Waals surface area contributed by atoms with E-state index in [1.165, 1.54) is 17.2 Å². The summed E-state index contributed by atoms with van der Waals surface area (Å²) in [6.07, 6.45) is 4.26. The van der Waals surface area contributed by atoms with E-state index in [1.54, 1.807) is 6.92 Å². The van der Waals surface area contributed by atoms with Gasteiger partial charge in [-0.05, 0) is 67.6 Å². The van der Waals surface area contributed by atoms with Crippen LogP contribution in [0.1, 0.15) is 16.7 Å². The van der Waals surface area contributed by atoms with Crippen LogP contribution in [0.2, 0.25) is 0 Å². The topological polar surface area (TPSA) is 18.5 Å². The first-order chi connectivity index (χ1) is 12.0.